The van der Waals surface area contributed by atoms with Crippen LogP contribution in [0.2, 0.25) is 5.02 Å². The van der Waals surface area contributed by atoms with Crippen molar-refractivity contribution in [1.82, 2.24) is 10.7 Å². The van der Waals surface area contributed by atoms with E-state index in [1.165, 1.54) is 0 Å². The number of hydrazone groups is 1. The Labute approximate surface area is 130 Å². The molecule has 2 rings (SSSR count). The number of rotatable bonds is 5. The number of carbonyl (C=O) groups excluding carboxylic acids is 1. The van der Waals surface area contributed by atoms with Crippen molar-refractivity contribution in [2.24, 2.45) is 5.10 Å². The minimum atomic E-state index is -1.03. The van der Waals surface area contributed by atoms with Crippen molar-refractivity contribution < 1.29 is 14.7 Å². The van der Waals surface area contributed by atoms with E-state index in [1.807, 2.05) is 0 Å². The number of carbonyl (C=O) groups is 2. The molecule has 0 saturated carbocycles. The van der Waals surface area contributed by atoms with E-state index in [9.17, 15) is 9.59 Å². The van der Waals surface area contributed by atoms with Crippen molar-refractivity contribution in [3.63, 3.8) is 0 Å². The fourth-order valence-corrected chi connectivity index (χ4v) is 2.63. The SMILES string of the molecule is C=C(N/N=C1\NC(=O)[C@@H](CC(=O)O)S1)c1ccc(Cl)cc1. The lowest BCUT2D eigenvalue weighted by atomic mass is 10.2. The van der Waals surface area contributed by atoms with Gasteiger partial charge in [0.25, 0.3) is 0 Å². The maximum atomic E-state index is 11.5. The first-order valence-electron chi connectivity index (χ1n) is 5.93. The molecule has 3 N–H and O–H groups in total. The van der Waals surface area contributed by atoms with Crippen LogP contribution in [0.15, 0.2) is 35.9 Å². The van der Waals surface area contributed by atoms with Crippen LogP contribution in [0.25, 0.3) is 5.70 Å². The molecule has 1 aromatic carbocycles. The maximum Gasteiger partial charge on any atom is 0.305 e. The van der Waals surface area contributed by atoms with Crippen molar-refractivity contribution in [3.8, 4) is 0 Å². The maximum absolute atomic E-state index is 11.5. The summed E-state index contributed by atoms with van der Waals surface area (Å²) in [7, 11) is 0. The number of amides is 1. The molecule has 6 nitrogen and oxygen atoms in total. The lowest BCUT2D eigenvalue weighted by Crippen LogP contribution is -2.27. The molecule has 0 bridgehead atoms. The van der Waals surface area contributed by atoms with Gasteiger partial charge in [-0.2, -0.15) is 0 Å². The van der Waals surface area contributed by atoms with Gasteiger partial charge in [-0.05, 0) is 17.7 Å². The number of amidine groups is 1. The number of hydrogen-bond donors (Lipinski definition) is 3. The molecular weight excluding hydrogens is 314 g/mol. The topological polar surface area (TPSA) is 90.8 Å². The summed E-state index contributed by atoms with van der Waals surface area (Å²) in [5, 5.41) is 15.5. The van der Waals surface area contributed by atoms with Crippen molar-refractivity contribution in [2.75, 3.05) is 0 Å². The zero-order valence-corrected chi connectivity index (χ0v) is 12.4. The second kappa shape index (κ2) is 6.64. The first-order valence-corrected chi connectivity index (χ1v) is 7.19. The number of halogens is 1. The molecule has 1 aromatic rings. The summed E-state index contributed by atoms with van der Waals surface area (Å²) in [5.41, 5.74) is 4.07. The largest absolute Gasteiger partial charge is 0.481 e. The molecule has 0 radical (unpaired) electrons. The van der Waals surface area contributed by atoms with Crippen molar-refractivity contribution in [3.05, 3.63) is 41.4 Å². The summed E-state index contributed by atoms with van der Waals surface area (Å²) in [6, 6.07) is 7.02. The average Bonchev–Trinajstić information content (AvgIpc) is 2.77. The normalized spacial score (nSPS) is 19.4. The van der Waals surface area contributed by atoms with Crippen LogP contribution < -0.4 is 10.7 Å². The van der Waals surface area contributed by atoms with Crippen molar-refractivity contribution in [2.45, 2.75) is 11.7 Å². The van der Waals surface area contributed by atoms with E-state index >= 15 is 0 Å². The highest BCUT2D eigenvalue weighted by Gasteiger charge is 2.32. The second-order valence-corrected chi connectivity index (χ2v) is 5.84. The molecule has 8 heteroatoms. The van der Waals surface area contributed by atoms with Crippen LogP contribution in [0.4, 0.5) is 0 Å². The fraction of sp³-hybridized carbons (Fsp3) is 0.154. The monoisotopic (exact) mass is 325 g/mol. The number of carboxylic acid groups (broad SMARTS) is 1. The molecule has 1 saturated heterocycles. The Kier molecular flexibility index (Phi) is 4.87. The van der Waals surface area contributed by atoms with E-state index in [0.29, 0.717) is 15.9 Å². The van der Waals surface area contributed by atoms with Crippen LogP contribution in [-0.4, -0.2) is 27.4 Å². The molecule has 0 unspecified atom stereocenters. The van der Waals surface area contributed by atoms with Gasteiger partial charge in [0.2, 0.25) is 5.91 Å². The van der Waals surface area contributed by atoms with Gasteiger partial charge in [-0.3, -0.25) is 15.0 Å². The van der Waals surface area contributed by atoms with Gasteiger partial charge in [0, 0.05) is 5.02 Å². The molecule has 0 spiro atoms. The molecule has 110 valence electrons. The van der Waals surface area contributed by atoms with Crippen LogP contribution in [0.1, 0.15) is 12.0 Å². The predicted molar refractivity (Wildman–Crippen MR) is 82.8 cm³/mol. The average molecular weight is 326 g/mol. The van der Waals surface area contributed by atoms with E-state index in [2.05, 4.69) is 22.4 Å². The van der Waals surface area contributed by atoms with Gasteiger partial charge >= 0.3 is 5.97 Å². The summed E-state index contributed by atoms with van der Waals surface area (Å²) < 4.78 is 0. The Hall–Kier alpha value is -1.99. The molecule has 1 amide bonds. The van der Waals surface area contributed by atoms with Crippen molar-refractivity contribution >= 4 is 46.1 Å². The molecule has 0 aromatic heterocycles. The van der Waals surface area contributed by atoms with E-state index in [-0.39, 0.29) is 12.3 Å². The van der Waals surface area contributed by atoms with Gasteiger partial charge in [-0.15, -0.1) is 5.10 Å². The summed E-state index contributed by atoms with van der Waals surface area (Å²) in [6.45, 7) is 3.82. The van der Waals surface area contributed by atoms with Crippen LogP contribution in [0.5, 0.6) is 0 Å². The van der Waals surface area contributed by atoms with Crippen LogP contribution in [0.3, 0.4) is 0 Å². The summed E-state index contributed by atoms with van der Waals surface area (Å²) >= 11 is 6.86. The lowest BCUT2D eigenvalue weighted by Gasteiger charge is -2.05. The quantitative estimate of drug-likeness (QED) is 0.719. The summed E-state index contributed by atoms with van der Waals surface area (Å²) in [4.78, 5) is 22.1. The van der Waals surface area contributed by atoms with Gasteiger partial charge in [-0.1, -0.05) is 42.1 Å². The van der Waals surface area contributed by atoms with Gasteiger partial charge in [0.15, 0.2) is 5.17 Å². The summed E-state index contributed by atoms with van der Waals surface area (Å²) in [5.74, 6) is -1.39. The molecule has 0 aliphatic carbocycles. The lowest BCUT2D eigenvalue weighted by molar-refractivity contribution is -0.138. The van der Waals surface area contributed by atoms with E-state index in [0.717, 1.165) is 17.3 Å². The highest BCUT2D eigenvalue weighted by molar-refractivity contribution is 8.15. The standard InChI is InChI=1S/C13H12ClN3O3S/c1-7(8-2-4-9(14)5-3-8)16-17-13-15-12(20)10(21-13)6-11(18)19/h2-5,10,16H,1,6H2,(H,18,19)(H,15,17,20)/t10-/m1/s1. The Morgan fingerprint density at radius 3 is 2.76 bits per heavy atom. The van der Waals surface area contributed by atoms with E-state index in [4.69, 9.17) is 16.7 Å². The molecule has 1 fully saturated rings. The Balaban J connectivity index is 1.95. The highest BCUT2D eigenvalue weighted by Crippen LogP contribution is 2.22. The molecule has 21 heavy (non-hydrogen) atoms. The third-order valence-electron chi connectivity index (χ3n) is 2.62. The van der Waals surface area contributed by atoms with Gasteiger partial charge in [-0.25, -0.2) is 0 Å². The Bertz CT molecular complexity index is 616. The number of benzene rings is 1. The van der Waals surface area contributed by atoms with Crippen LogP contribution >= 0.6 is 23.4 Å². The first kappa shape index (κ1) is 15.4. The third-order valence-corrected chi connectivity index (χ3v) is 3.96. The molecule has 1 aliphatic rings. The van der Waals surface area contributed by atoms with E-state index < -0.39 is 11.2 Å². The number of nitrogens with zero attached hydrogens (tertiary/aromatic N) is 1. The molecule has 1 heterocycles. The van der Waals surface area contributed by atoms with Crippen LogP contribution in [-0.2, 0) is 9.59 Å². The number of thioether (sulfide) groups is 1. The first-order chi connectivity index (χ1) is 9.95. The molecule has 1 aliphatic heterocycles. The highest BCUT2D eigenvalue weighted by atomic mass is 35.5. The molecular formula is C13H12ClN3O3S. The fourth-order valence-electron chi connectivity index (χ4n) is 1.58. The third kappa shape index (κ3) is 4.24. The van der Waals surface area contributed by atoms with Crippen molar-refractivity contribution in [1.29, 1.82) is 0 Å². The molecule has 1 atom stereocenters. The number of aliphatic carboxylic acids is 1. The van der Waals surface area contributed by atoms with Gasteiger partial charge in [0.05, 0.1) is 12.1 Å². The number of hydrogen-bond acceptors (Lipinski definition) is 5. The zero-order valence-electron chi connectivity index (χ0n) is 10.8. The smallest absolute Gasteiger partial charge is 0.305 e. The van der Waals surface area contributed by atoms with Gasteiger partial charge < -0.3 is 10.4 Å². The number of nitrogens with one attached hydrogen (secondary N) is 2. The summed E-state index contributed by atoms with van der Waals surface area (Å²) in [6.07, 6.45) is -0.242. The minimum Gasteiger partial charge on any atom is -0.481 e. The Morgan fingerprint density at radius 2 is 2.14 bits per heavy atom. The Morgan fingerprint density at radius 1 is 1.48 bits per heavy atom. The second-order valence-electron chi connectivity index (χ2n) is 4.21. The van der Waals surface area contributed by atoms with Gasteiger partial charge in [0.1, 0.15) is 5.25 Å². The number of carboxylic acids is 1. The zero-order chi connectivity index (χ0) is 15.4. The van der Waals surface area contributed by atoms with E-state index in [1.54, 1.807) is 24.3 Å². The van der Waals surface area contributed by atoms with Crippen LogP contribution in [0, 0.1) is 0 Å². The predicted octanol–water partition coefficient (Wildman–Crippen LogP) is 1.88. The minimum absolute atomic E-state index is 0.242.